The Kier molecular flexibility index (Phi) is 4.69. The molecule has 7 heteroatoms. The minimum absolute atomic E-state index is 0.00983. The molecule has 0 spiro atoms. The van der Waals surface area contributed by atoms with Gasteiger partial charge in [0.15, 0.2) is 0 Å². The number of aliphatic hydroxyl groups excluding tert-OH is 1. The van der Waals surface area contributed by atoms with Crippen molar-refractivity contribution in [3.05, 3.63) is 28.8 Å². The minimum atomic E-state index is -1.11. The van der Waals surface area contributed by atoms with Gasteiger partial charge in [-0.3, -0.25) is 0 Å². The Morgan fingerprint density at radius 1 is 1.43 bits per heavy atom. The molecule has 2 amide bonds. The third-order valence-electron chi connectivity index (χ3n) is 3.60. The summed E-state index contributed by atoms with van der Waals surface area (Å²) < 4.78 is 0. The highest BCUT2D eigenvalue weighted by atomic mass is 35.5. The first kappa shape index (κ1) is 15.6. The van der Waals surface area contributed by atoms with Gasteiger partial charge in [0.05, 0.1) is 16.7 Å². The van der Waals surface area contributed by atoms with Crippen molar-refractivity contribution in [2.45, 2.75) is 19.4 Å². The summed E-state index contributed by atoms with van der Waals surface area (Å²) in [5.41, 5.74) is 0.429. The van der Waals surface area contributed by atoms with Crippen molar-refractivity contribution >= 4 is 29.3 Å². The summed E-state index contributed by atoms with van der Waals surface area (Å²) in [5, 5.41) is 21.3. The molecule has 0 radical (unpaired) electrons. The number of nitrogens with one attached hydrogen (secondary N) is 1. The second kappa shape index (κ2) is 6.32. The molecule has 0 aromatic heterocycles. The summed E-state index contributed by atoms with van der Waals surface area (Å²) in [6.45, 7) is 2.86. The van der Waals surface area contributed by atoms with Crippen molar-refractivity contribution in [3.63, 3.8) is 0 Å². The molecule has 2 atom stereocenters. The van der Waals surface area contributed by atoms with Gasteiger partial charge in [-0.05, 0) is 30.5 Å². The summed E-state index contributed by atoms with van der Waals surface area (Å²) in [4.78, 5) is 24.6. The van der Waals surface area contributed by atoms with E-state index < -0.39 is 5.97 Å². The van der Waals surface area contributed by atoms with E-state index in [-0.39, 0.29) is 28.6 Å². The van der Waals surface area contributed by atoms with Gasteiger partial charge in [-0.25, -0.2) is 9.59 Å². The highest BCUT2D eigenvalue weighted by molar-refractivity contribution is 6.33. The lowest BCUT2D eigenvalue weighted by Gasteiger charge is -2.34. The number of benzene rings is 1. The molecule has 1 aliphatic rings. The predicted octanol–water partition coefficient (Wildman–Crippen LogP) is 2.27. The van der Waals surface area contributed by atoms with Crippen molar-refractivity contribution in [2.75, 3.05) is 18.4 Å². The molecule has 0 bridgehead atoms. The normalized spacial score (nSPS) is 22.0. The smallest absolute Gasteiger partial charge is 0.337 e. The summed E-state index contributed by atoms with van der Waals surface area (Å²) in [5.74, 6) is -1.08. The van der Waals surface area contributed by atoms with Gasteiger partial charge in [-0.2, -0.15) is 0 Å². The fourth-order valence-corrected chi connectivity index (χ4v) is 2.55. The largest absolute Gasteiger partial charge is 0.478 e. The maximum absolute atomic E-state index is 12.1. The lowest BCUT2D eigenvalue weighted by molar-refractivity contribution is 0.0506. The number of anilines is 1. The Bertz CT molecular complexity index is 564. The lowest BCUT2D eigenvalue weighted by Crippen LogP contribution is -2.46. The van der Waals surface area contributed by atoms with Crippen LogP contribution < -0.4 is 5.32 Å². The first-order chi connectivity index (χ1) is 9.88. The average Bonchev–Trinajstić information content (AvgIpc) is 2.41. The SMILES string of the molecule is CC1CN(C(=O)Nc2ccc(C(=O)O)c(Cl)c2)CCC1O. The van der Waals surface area contributed by atoms with Gasteiger partial charge in [0, 0.05) is 18.8 Å². The molecule has 0 aliphatic carbocycles. The molecule has 21 heavy (non-hydrogen) atoms. The van der Waals surface area contributed by atoms with E-state index in [0.29, 0.717) is 25.2 Å². The number of aromatic carboxylic acids is 1. The van der Waals surface area contributed by atoms with Gasteiger partial charge in [0.1, 0.15) is 0 Å². The van der Waals surface area contributed by atoms with E-state index in [1.54, 1.807) is 4.90 Å². The molecular formula is C14H17ClN2O4. The zero-order chi connectivity index (χ0) is 15.6. The standard InChI is InChI=1S/C14H17ClN2O4/c1-8-7-17(5-4-12(8)18)14(21)16-9-2-3-10(13(19)20)11(15)6-9/h2-3,6,8,12,18H,4-5,7H2,1H3,(H,16,21)(H,19,20). The van der Waals surface area contributed by atoms with Crippen molar-refractivity contribution in [1.29, 1.82) is 0 Å². The summed E-state index contributed by atoms with van der Waals surface area (Å²) in [6, 6.07) is 3.97. The number of nitrogens with zero attached hydrogens (tertiary/aromatic N) is 1. The molecule has 1 aliphatic heterocycles. The number of halogens is 1. The number of aliphatic hydroxyl groups is 1. The Balaban J connectivity index is 2.03. The number of carboxylic acid groups (broad SMARTS) is 1. The van der Waals surface area contributed by atoms with Crippen molar-refractivity contribution in [3.8, 4) is 0 Å². The molecule has 2 unspecified atom stereocenters. The number of carbonyl (C=O) groups excluding carboxylic acids is 1. The molecule has 1 heterocycles. The van der Waals surface area contributed by atoms with Crippen molar-refractivity contribution < 1.29 is 19.8 Å². The number of amides is 2. The van der Waals surface area contributed by atoms with Gasteiger partial charge < -0.3 is 20.4 Å². The Hall–Kier alpha value is -1.79. The highest BCUT2D eigenvalue weighted by Crippen LogP contribution is 2.22. The van der Waals surface area contributed by atoms with E-state index in [0.717, 1.165) is 0 Å². The molecule has 1 aromatic rings. The van der Waals surface area contributed by atoms with Crippen LogP contribution in [0, 0.1) is 5.92 Å². The molecule has 0 saturated carbocycles. The number of likely N-dealkylation sites (tertiary alicyclic amines) is 1. The monoisotopic (exact) mass is 312 g/mol. The number of carbonyl (C=O) groups is 2. The molecule has 2 rings (SSSR count). The fraction of sp³-hybridized carbons (Fsp3) is 0.429. The molecule has 1 aromatic carbocycles. The van der Waals surface area contributed by atoms with Gasteiger partial charge in [-0.1, -0.05) is 18.5 Å². The topological polar surface area (TPSA) is 89.9 Å². The van der Waals surface area contributed by atoms with E-state index >= 15 is 0 Å². The highest BCUT2D eigenvalue weighted by Gasteiger charge is 2.27. The zero-order valence-electron chi connectivity index (χ0n) is 11.5. The van der Waals surface area contributed by atoms with Crippen LogP contribution in [0.1, 0.15) is 23.7 Å². The summed E-state index contributed by atoms with van der Waals surface area (Å²) >= 11 is 5.86. The average molecular weight is 313 g/mol. The third-order valence-corrected chi connectivity index (χ3v) is 3.91. The zero-order valence-corrected chi connectivity index (χ0v) is 12.3. The number of carboxylic acids is 1. The van der Waals surface area contributed by atoms with Crippen molar-refractivity contribution in [2.24, 2.45) is 5.92 Å². The maximum atomic E-state index is 12.1. The van der Waals surface area contributed by atoms with Crippen LogP contribution in [0.3, 0.4) is 0 Å². The third kappa shape index (κ3) is 3.65. The number of hydrogen-bond donors (Lipinski definition) is 3. The van der Waals surface area contributed by atoms with E-state index in [1.165, 1.54) is 18.2 Å². The van der Waals surface area contributed by atoms with Gasteiger partial charge in [0.25, 0.3) is 0 Å². The van der Waals surface area contributed by atoms with Gasteiger partial charge >= 0.3 is 12.0 Å². The molecule has 1 fully saturated rings. The van der Waals surface area contributed by atoms with E-state index in [9.17, 15) is 14.7 Å². The lowest BCUT2D eigenvalue weighted by atomic mass is 9.97. The van der Waals surface area contributed by atoms with Crippen molar-refractivity contribution in [1.82, 2.24) is 4.90 Å². The van der Waals surface area contributed by atoms with E-state index in [1.807, 2.05) is 6.92 Å². The van der Waals surface area contributed by atoms with Crippen LogP contribution in [0.5, 0.6) is 0 Å². The summed E-state index contributed by atoms with van der Waals surface area (Å²) in [7, 11) is 0. The van der Waals surface area contributed by atoms with E-state index in [4.69, 9.17) is 16.7 Å². The van der Waals surface area contributed by atoms with Crippen LogP contribution >= 0.6 is 11.6 Å². The quantitative estimate of drug-likeness (QED) is 0.781. The van der Waals surface area contributed by atoms with Crippen LogP contribution in [0.25, 0.3) is 0 Å². The summed E-state index contributed by atoms with van der Waals surface area (Å²) in [6.07, 6.45) is 0.172. The second-order valence-electron chi connectivity index (χ2n) is 5.21. The van der Waals surface area contributed by atoms with E-state index in [2.05, 4.69) is 5.32 Å². The first-order valence-electron chi connectivity index (χ1n) is 6.65. The fourth-order valence-electron chi connectivity index (χ4n) is 2.29. The number of piperidine rings is 1. The molecular weight excluding hydrogens is 296 g/mol. The molecule has 1 saturated heterocycles. The molecule has 114 valence electrons. The Morgan fingerprint density at radius 3 is 2.71 bits per heavy atom. The molecule has 6 nitrogen and oxygen atoms in total. The minimum Gasteiger partial charge on any atom is -0.478 e. The number of hydrogen-bond acceptors (Lipinski definition) is 3. The van der Waals surface area contributed by atoms with Gasteiger partial charge in [-0.15, -0.1) is 0 Å². The van der Waals surface area contributed by atoms with Crippen LogP contribution in [-0.4, -0.2) is 46.3 Å². The molecule has 3 N–H and O–H groups in total. The predicted molar refractivity (Wildman–Crippen MR) is 78.8 cm³/mol. The number of urea groups is 1. The Morgan fingerprint density at radius 2 is 2.14 bits per heavy atom. The second-order valence-corrected chi connectivity index (χ2v) is 5.62. The van der Waals surface area contributed by atoms with Crippen LogP contribution in [0.15, 0.2) is 18.2 Å². The van der Waals surface area contributed by atoms with Gasteiger partial charge in [0.2, 0.25) is 0 Å². The van der Waals surface area contributed by atoms with Crippen LogP contribution in [0.4, 0.5) is 10.5 Å². The van der Waals surface area contributed by atoms with Crippen LogP contribution in [-0.2, 0) is 0 Å². The first-order valence-corrected chi connectivity index (χ1v) is 7.03. The Labute approximate surface area is 127 Å². The van der Waals surface area contributed by atoms with Crippen LogP contribution in [0.2, 0.25) is 5.02 Å². The maximum Gasteiger partial charge on any atom is 0.337 e. The number of rotatable bonds is 2.